The minimum Gasteiger partial charge on any atom is -0.312 e. The van der Waals surface area contributed by atoms with Gasteiger partial charge >= 0.3 is 0 Å². The second-order valence-electron chi connectivity index (χ2n) is 5.32. The molecule has 0 saturated heterocycles. The molecule has 100 valence electrons. The van der Waals surface area contributed by atoms with Gasteiger partial charge in [-0.25, -0.2) is 4.98 Å². The highest BCUT2D eigenvalue weighted by molar-refractivity contribution is 5.74. The van der Waals surface area contributed by atoms with Gasteiger partial charge in [-0.2, -0.15) is 0 Å². The molecule has 1 unspecified atom stereocenters. The maximum Gasteiger partial charge on any atom is 0.269 e. The van der Waals surface area contributed by atoms with Crippen LogP contribution in [-0.4, -0.2) is 22.1 Å². The van der Waals surface area contributed by atoms with Crippen LogP contribution in [0.15, 0.2) is 35.3 Å². The van der Waals surface area contributed by atoms with Gasteiger partial charge in [0.25, 0.3) is 5.56 Å². The summed E-state index contributed by atoms with van der Waals surface area (Å²) in [6, 6.07) is 8.33. The predicted molar refractivity (Wildman–Crippen MR) is 76.2 cm³/mol. The van der Waals surface area contributed by atoms with E-state index in [0.29, 0.717) is 12.6 Å². The second kappa shape index (κ2) is 5.13. The number of fused-ring (bicyclic) bond motifs is 1. The highest BCUT2D eigenvalue weighted by atomic mass is 16.1. The van der Waals surface area contributed by atoms with E-state index in [1.807, 2.05) is 24.3 Å². The molecular weight excluding hydrogens is 238 g/mol. The zero-order valence-electron chi connectivity index (χ0n) is 11.2. The van der Waals surface area contributed by atoms with Crippen molar-refractivity contribution in [2.45, 2.75) is 32.4 Å². The van der Waals surface area contributed by atoms with Crippen molar-refractivity contribution in [3.05, 3.63) is 40.8 Å². The summed E-state index contributed by atoms with van der Waals surface area (Å²) in [6.45, 7) is 3.75. The first kappa shape index (κ1) is 12.4. The number of rotatable bonds is 5. The van der Waals surface area contributed by atoms with Crippen molar-refractivity contribution in [3.63, 3.8) is 0 Å². The van der Waals surface area contributed by atoms with Gasteiger partial charge in [0.1, 0.15) is 0 Å². The first-order chi connectivity index (χ1) is 9.25. The minimum absolute atomic E-state index is 0.0282. The standard InChI is InChI=1S/C15H19N3O/c1-11(12-6-7-12)16-8-9-18-14-5-3-2-4-13(14)17-10-15(18)19/h2-5,10-12,16H,6-9H2,1H3. The van der Waals surface area contributed by atoms with Crippen LogP contribution in [0, 0.1) is 5.92 Å². The van der Waals surface area contributed by atoms with Gasteiger partial charge in [-0.3, -0.25) is 4.79 Å². The number of aromatic nitrogens is 2. The first-order valence-corrected chi connectivity index (χ1v) is 6.93. The molecule has 1 aliphatic carbocycles. The van der Waals surface area contributed by atoms with E-state index >= 15 is 0 Å². The summed E-state index contributed by atoms with van der Waals surface area (Å²) in [5, 5.41) is 3.50. The molecule has 4 nitrogen and oxygen atoms in total. The fraction of sp³-hybridized carbons (Fsp3) is 0.467. The van der Waals surface area contributed by atoms with Crippen LogP contribution in [0.5, 0.6) is 0 Å². The lowest BCUT2D eigenvalue weighted by molar-refractivity contribution is 0.475. The van der Waals surface area contributed by atoms with Crippen LogP contribution < -0.4 is 10.9 Å². The van der Waals surface area contributed by atoms with Crippen molar-refractivity contribution in [1.82, 2.24) is 14.9 Å². The van der Waals surface area contributed by atoms with Gasteiger partial charge in [-0.15, -0.1) is 0 Å². The van der Waals surface area contributed by atoms with E-state index in [9.17, 15) is 4.79 Å². The Morgan fingerprint density at radius 3 is 3.00 bits per heavy atom. The molecular formula is C15H19N3O. The Kier molecular flexibility index (Phi) is 3.34. The monoisotopic (exact) mass is 257 g/mol. The summed E-state index contributed by atoms with van der Waals surface area (Å²) < 4.78 is 1.80. The zero-order chi connectivity index (χ0) is 13.2. The Hall–Kier alpha value is -1.68. The fourth-order valence-corrected chi connectivity index (χ4v) is 2.51. The van der Waals surface area contributed by atoms with Crippen LogP contribution in [0.4, 0.5) is 0 Å². The van der Waals surface area contributed by atoms with Gasteiger partial charge in [0.05, 0.1) is 17.2 Å². The van der Waals surface area contributed by atoms with E-state index in [-0.39, 0.29) is 5.56 Å². The van der Waals surface area contributed by atoms with E-state index in [1.54, 1.807) is 4.57 Å². The zero-order valence-corrected chi connectivity index (χ0v) is 11.2. The molecule has 19 heavy (non-hydrogen) atoms. The third-order valence-corrected chi connectivity index (χ3v) is 3.88. The van der Waals surface area contributed by atoms with E-state index in [0.717, 1.165) is 23.5 Å². The van der Waals surface area contributed by atoms with Gasteiger partial charge in [0, 0.05) is 19.1 Å². The summed E-state index contributed by atoms with van der Waals surface area (Å²) in [5.74, 6) is 0.839. The van der Waals surface area contributed by atoms with Crippen molar-refractivity contribution in [2.24, 2.45) is 5.92 Å². The van der Waals surface area contributed by atoms with Gasteiger partial charge in [-0.05, 0) is 37.8 Å². The molecule has 0 radical (unpaired) electrons. The number of hydrogen-bond acceptors (Lipinski definition) is 3. The van der Waals surface area contributed by atoms with E-state index in [2.05, 4.69) is 17.2 Å². The van der Waals surface area contributed by atoms with Crippen LogP contribution in [-0.2, 0) is 6.54 Å². The molecule has 0 aliphatic heterocycles. The van der Waals surface area contributed by atoms with Crippen LogP contribution in [0.25, 0.3) is 11.0 Å². The largest absolute Gasteiger partial charge is 0.312 e. The predicted octanol–water partition coefficient (Wildman–Crippen LogP) is 1.78. The molecule has 1 heterocycles. The number of nitrogens with zero attached hydrogens (tertiary/aromatic N) is 2. The molecule has 3 rings (SSSR count). The molecule has 0 spiro atoms. The quantitative estimate of drug-likeness (QED) is 0.888. The Labute approximate surface area is 112 Å². The summed E-state index contributed by atoms with van der Waals surface area (Å²) in [5.41, 5.74) is 1.76. The molecule has 1 aliphatic rings. The lowest BCUT2D eigenvalue weighted by Gasteiger charge is -2.14. The van der Waals surface area contributed by atoms with Gasteiger partial charge in [0.2, 0.25) is 0 Å². The first-order valence-electron chi connectivity index (χ1n) is 6.93. The molecule has 2 aromatic rings. The molecule has 4 heteroatoms. The molecule has 1 atom stereocenters. The molecule has 1 aromatic heterocycles. The highest BCUT2D eigenvalue weighted by Crippen LogP contribution is 2.32. The van der Waals surface area contributed by atoms with Crippen LogP contribution in [0.2, 0.25) is 0 Å². The molecule has 0 amide bonds. The van der Waals surface area contributed by atoms with E-state index < -0.39 is 0 Å². The Morgan fingerprint density at radius 1 is 1.42 bits per heavy atom. The van der Waals surface area contributed by atoms with Crippen molar-refractivity contribution >= 4 is 11.0 Å². The highest BCUT2D eigenvalue weighted by Gasteiger charge is 2.27. The number of hydrogen-bond donors (Lipinski definition) is 1. The average Bonchev–Trinajstić information content (AvgIpc) is 3.25. The van der Waals surface area contributed by atoms with Gasteiger partial charge in [0.15, 0.2) is 0 Å². The molecule has 1 aromatic carbocycles. The third-order valence-electron chi connectivity index (χ3n) is 3.88. The molecule has 1 N–H and O–H groups in total. The SMILES string of the molecule is CC(NCCn1c(=O)cnc2ccccc21)C1CC1. The Balaban J connectivity index is 1.75. The lowest BCUT2D eigenvalue weighted by Crippen LogP contribution is -2.33. The number of nitrogens with one attached hydrogen (secondary N) is 1. The minimum atomic E-state index is -0.0282. The van der Waals surface area contributed by atoms with Crippen LogP contribution in [0.3, 0.4) is 0 Å². The summed E-state index contributed by atoms with van der Waals surface area (Å²) in [7, 11) is 0. The average molecular weight is 257 g/mol. The Morgan fingerprint density at radius 2 is 2.21 bits per heavy atom. The van der Waals surface area contributed by atoms with E-state index in [4.69, 9.17) is 0 Å². The maximum atomic E-state index is 11.9. The van der Waals surface area contributed by atoms with Crippen LogP contribution >= 0.6 is 0 Å². The molecule has 1 saturated carbocycles. The van der Waals surface area contributed by atoms with Crippen molar-refractivity contribution in [3.8, 4) is 0 Å². The Bertz CT molecular complexity index is 631. The van der Waals surface area contributed by atoms with Gasteiger partial charge < -0.3 is 9.88 Å². The summed E-state index contributed by atoms with van der Waals surface area (Å²) in [4.78, 5) is 16.1. The molecule has 1 fully saturated rings. The van der Waals surface area contributed by atoms with Crippen molar-refractivity contribution in [2.75, 3.05) is 6.54 Å². The topological polar surface area (TPSA) is 46.9 Å². The molecule has 0 bridgehead atoms. The van der Waals surface area contributed by atoms with Crippen LogP contribution in [0.1, 0.15) is 19.8 Å². The van der Waals surface area contributed by atoms with Gasteiger partial charge in [-0.1, -0.05) is 12.1 Å². The lowest BCUT2D eigenvalue weighted by atomic mass is 10.2. The second-order valence-corrected chi connectivity index (χ2v) is 5.32. The number of benzene rings is 1. The summed E-state index contributed by atoms with van der Waals surface area (Å²) in [6.07, 6.45) is 4.09. The normalized spacial score (nSPS) is 16.7. The maximum absolute atomic E-state index is 11.9. The third kappa shape index (κ3) is 2.68. The van der Waals surface area contributed by atoms with Crippen molar-refractivity contribution < 1.29 is 0 Å². The van der Waals surface area contributed by atoms with Crippen molar-refractivity contribution in [1.29, 1.82) is 0 Å². The summed E-state index contributed by atoms with van der Waals surface area (Å²) >= 11 is 0. The van der Waals surface area contributed by atoms with E-state index in [1.165, 1.54) is 19.0 Å². The smallest absolute Gasteiger partial charge is 0.269 e. The number of para-hydroxylation sites is 2. The fourth-order valence-electron chi connectivity index (χ4n) is 2.51.